The smallest absolute Gasteiger partial charge is 0.428 e. The van der Waals surface area contributed by atoms with E-state index >= 15 is 0 Å². The summed E-state index contributed by atoms with van der Waals surface area (Å²) in [5.74, 6) is -2.50. The number of hydroxylamine groups is 2. The Kier molecular flexibility index (Phi) is 9.59. The van der Waals surface area contributed by atoms with Gasteiger partial charge in [-0.15, -0.1) is 0 Å². The molecule has 1 aliphatic rings. The van der Waals surface area contributed by atoms with E-state index in [-0.39, 0.29) is 29.5 Å². The number of nitrogens with one attached hydrogen (secondary N) is 2. The molecule has 6 nitrogen and oxygen atoms in total. The third-order valence-electron chi connectivity index (χ3n) is 7.47. The number of allylic oxidation sites excluding steroid dienone is 1. The molecule has 0 heterocycles. The van der Waals surface area contributed by atoms with Crippen molar-refractivity contribution in [3.63, 3.8) is 0 Å². The van der Waals surface area contributed by atoms with E-state index in [1.165, 1.54) is 24.3 Å². The van der Waals surface area contributed by atoms with Crippen molar-refractivity contribution in [2.24, 2.45) is 5.92 Å². The van der Waals surface area contributed by atoms with Crippen molar-refractivity contribution in [3.05, 3.63) is 113 Å². The Morgan fingerprint density at radius 3 is 2.26 bits per heavy atom. The molecule has 1 atom stereocenters. The Morgan fingerprint density at radius 2 is 1.65 bits per heavy atom. The number of carbonyl (C=O) groups excluding carboxylic acids is 1. The highest BCUT2D eigenvalue weighted by Gasteiger charge is 2.45. The molecular formula is C31H31F6N3O3. The second-order valence-electron chi connectivity index (χ2n) is 10.3. The Morgan fingerprint density at radius 1 is 1.00 bits per heavy atom. The van der Waals surface area contributed by atoms with E-state index < -0.39 is 41.5 Å². The number of nitrogens with zero attached hydrogens (tertiary/aromatic N) is 1. The fraction of sp³-hybridized carbons (Fsp3) is 0.323. The van der Waals surface area contributed by atoms with E-state index in [0.29, 0.717) is 24.5 Å². The molecule has 3 aromatic carbocycles. The van der Waals surface area contributed by atoms with Crippen LogP contribution in [0.25, 0.3) is 0 Å². The first-order valence-electron chi connectivity index (χ1n) is 13.3. The van der Waals surface area contributed by atoms with Gasteiger partial charge >= 0.3 is 18.6 Å². The Hall–Kier alpha value is -4.19. The lowest BCUT2D eigenvalue weighted by atomic mass is 9.77. The van der Waals surface area contributed by atoms with Crippen molar-refractivity contribution in [2.45, 2.75) is 43.4 Å². The molecule has 3 aromatic rings. The van der Waals surface area contributed by atoms with E-state index in [2.05, 4.69) is 21.9 Å². The minimum absolute atomic E-state index is 0.0518. The second-order valence-corrected chi connectivity index (χ2v) is 10.3. The van der Waals surface area contributed by atoms with Gasteiger partial charge in [0.15, 0.2) is 0 Å². The zero-order valence-electron chi connectivity index (χ0n) is 23.4. The highest BCUT2D eigenvalue weighted by atomic mass is 19.3. The third-order valence-corrected chi connectivity index (χ3v) is 7.47. The van der Waals surface area contributed by atoms with Crippen LogP contribution in [0.4, 0.5) is 31.1 Å². The largest absolute Gasteiger partial charge is 0.461 e. The maximum Gasteiger partial charge on any atom is 0.461 e. The van der Waals surface area contributed by atoms with Crippen LogP contribution in [-0.4, -0.2) is 43.8 Å². The van der Waals surface area contributed by atoms with E-state index in [4.69, 9.17) is 4.84 Å². The van der Waals surface area contributed by atoms with Gasteiger partial charge in [0.2, 0.25) is 0 Å². The number of rotatable bonds is 12. The molecule has 230 valence electrons. The van der Waals surface area contributed by atoms with Crippen LogP contribution in [0.5, 0.6) is 5.75 Å². The van der Waals surface area contributed by atoms with Gasteiger partial charge in [0.1, 0.15) is 17.4 Å². The van der Waals surface area contributed by atoms with Crippen LogP contribution in [0.1, 0.15) is 29.5 Å². The highest BCUT2D eigenvalue weighted by Crippen LogP contribution is 2.39. The lowest BCUT2D eigenvalue weighted by molar-refractivity contribution is -0.253. The van der Waals surface area contributed by atoms with E-state index in [1.54, 1.807) is 37.4 Å². The van der Waals surface area contributed by atoms with Gasteiger partial charge in [-0.2, -0.15) is 17.6 Å². The van der Waals surface area contributed by atoms with Gasteiger partial charge in [-0.05, 0) is 53.8 Å². The first kappa shape index (κ1) is 31.7. The van der Waals surface area contributed by atoms with Gasteiger partial charge < -0.3 is 15.4 Å². The average Bonchev–Trinajstić information content (AvgIpc) is 2.93. The van der Waals surface area contributed by atoms with Crippen molar-refractivity contribution in [1.82, 2.24) is 15.7 Å². The number of alkyl halides is 4. The highest BCUT2D eigenvalue weighted by molar-refractivity contribution is 5.76. The van der Waals surface area contributed by atoms with Crippen molar-refractivity contribution < 1.29 is 40.7 Å². The van der Waals surface area contributed by atoms with Crippen molar-refractivity contribution >= 4 is 6.03 Å². The second kappa shape index (κ2) is 13.0. The SMILES string of the molecule is C=C([C@H]1C[C@H](NC(=O)N[C@](Cc2ccccc2)(c2ccc(F)cc2)c2cc(F)cc(OC(F)(F)C(F)F)c2)C1)N(C)OC. The summed E-state index contributed by atoms with van der Waals surface area (Å²) in [6.45, 7) is 4.00. The fourth-order valence-electron chi connectivity index (χ4n) is 5.06. The van der Waals surface area contributed by atoms with Gasteiger partial charge in [0.25, 0.3) is 0 Å². The molecule has 1 aliphatic carbocycles. The zero-order chi connectivity index (χ0) is 31.4. The van der Waals surface area contributed by atoms with Crippen LogP contribution >= 0.6 is 0 Å². The van der Waals surface area contributed by atoms with Crippen LogP contribution in [0.15, 0.2) is 85.1 Å². The van der Waals surface area contributed by atoms with Gasteiger partial charge in [0, 0.05) is 37.2 Å². The summed E-state index contributed by atoms with van der Waals surface area (Å²) >= 11 is 0. The summed E-state index contributed by atoms with van der Waals surface area (Å²) in [4.78, 5) is 18.7. The minimum atomic E-state index is -4.91. The maximum atomic E-state index is 15.0. The number of urea groups is 1. The summed E-state index contributed by atoms with van der Waals surface area (Å²) in [6, 6.07) is 15.2. The minimum Gasteiger partial charge on any atom is -0.428 e. The first-order valence-corrected chi connectivity index (χ1v) is 13.3. The van der Waals surface area contributed by atoms with Crippen LogP contribution < -0.4 is 15.4 Å². The van der Waals surface area contributed by atoms with Gasteiger partial charge in [-0.3, -0.25) is 9.90 Å². The van der Waals surface area contributed by atoms with E-state index in [9.17, 15) is 31.1 Å². The Labute approximate surface area is 245 Å². The van der Waals surface area contributed by atoms with Gasteiger partial charge in [-0.1, -0.05) is 49.0 Å². The Balaban J connectivity index is 1.74. The zero-order valence-corrected chi connectivity index (χ0v) is 23.4. The van der Waals surface area contributed by atoms with E-state index in [1.807, 2.05) is 0 Å². The summed E-state index contributed by atoms with van der Waals surface area (Å²) in [5, 5.41) is 7.25. The third kappa shape index (κ3) is 7.42. The molecule has 0 radical (unpaired) electrons. The standard InChI is InChI=1S/C31H31F6N3O3/c1-19(40(2)42-3)21-13-26(14-21)38-29(41)39-30(18-20-7-5-4-6-8-20,22-9-11-24(32)12-10-22)23-15-25(33)17-27(16-23)43-31(36,37)28(34)35/h4-12,15-17,21,26,28H,1,13-14,18H2,2-3H3,(H2,38,39,41)/t21-,26-,30-/m1/s1. The molecule has 0 aliphatic heterocycles. The maximum absolute atomic E-state index is 15.0. The van der Waals surface area contributed by atoms with Crippen LogP contribution in [-0.2, 0) is 16.8 Å². The molecule has 0 aromatic heterocycles. The van der Waals surface area contributed by atoms with E-state index in [0.717, 1.165) is 30.0 Å². The summed E-state index contributed by atoms with van der Waals surface area (Å²) in [6.07, 6.45) is -8.02. The normalized spacial score (nSPS) is 17.9. The molecule has 0 unspecified atom stereocenters. The number of hydrogen-bond acceptors (Lipinski definition) is 4. The van der Waals surface area contributed by atoms with Crippen LogP contribution in [0.3, 0.4) is 0 Å². The molecule has 0 spiro atoms. The lowest BCUT2D eigenvalue weighted by Crippen LogP contribution is -2.56. The molecule has 2 amide bonds. The monoisotopic (exact) mass is 607 g/mol. The first-order chi connectivity index (χ1) is 20.3. The number of hydrogen-bond donors (Lipinski definition) is 2. The topological polar surface area (TPSA) is 62.8 Å². The fourth-order valence-corrected chi connectivity index (χ4v) is 5.06. The summed E-state index contributed by atoms with van der Waals surface area (Å²) < 4.78 is 86.7. The molecule has 2 N–H and O–H groups in total. The van der Waals surface area contributed by atoms with Crippen molar-refractivity contribution in [2.75, 3.05) is 14.2 Å². The molecule has 1 saturated carbocycles. The molecular weight excluding hydrogens is 576 g/mol. The lowest BCUT2D eigenvalue weighted by Gasteiger charge is -2.41. The Bertz CT molecular complexity index is 1420. The predicted molar refractivity (Wildman–Crippen MR) is 147 cm³/mol. The summed E-state index contributed by atoms with van der Waals surface area (Å²) in [5.41, 5.74) is -0.146. The van der Waals surface area contributed by atoms with Crippen molar-refractivity contribution in [1.29, 1.82) is 0 Å². The number of halogens is 6. The molecule has 12 heteroatoms. The quantitative estimate of drug-likeness (QED) is 0.176. The van der Waals surface area contributed by atoms with Gasteiger partial charge in [-0.25, -0.2) is 13.6 Å². The van der Waals surface area contributed by atoms with Gasteiger partial charge in [0.05, 0.1) is 12.6 Å². The molecule has 0 saturated heterocycles. The number of ether oxygens (including phenoxy) is 1. The summed E-state index contributed by atoms with van der Waals surface area (Å²) in [7, 11) is 3.22. The molecule has 4 rings (SSSR count). The van der Waals surface area contributed by atoms with Crippen LogP contribution in [0.2, 0.25) is 0 Å². The molecule has 1 fully saturated rings. The number of amides is 2. The number of benzene rings is 3. The molecule has 0 bridgehead atoms. The van der Waals surface area contributed by atoms with Crippen LogP contribution in [0, 0.1) is 17.6 Å². The predicted octanol–water partition coefficient (Wildman–Crippen LogP) is 6.77. The number of carbonyl (C=O) groups is 1. The average molecular weight is 608 g/mol. The molecule has 43 heavy (non-hydrogen) atoms. The van der Waals surface area contributed by atoms with Crippen molar-refractivity contribution in [3.8, 4) is 5.75 Å².